The van der Waals surface area contributed by atoms with E-state index in [1.807, 2.05) is 36.4 Å². The molecule has 0 amide bonds. The molecule has 0 saturated carbocycles. The Balaban J connectivity index is 1.13. The van der Waals surface area contributed by atoms with Crippen LogP contribution in [0, 0.1) is 17.1 Å². The summed E-state index contributed by atoms with van der Waals surface area (Å²) in [5.74, 6) is 2.02. The summed E-state index contributed by atoms with van der Waals surface area (Å²) < 4.78 is 28.0. The molecule has 0 N–H and O–H groups in total. The summed E-state index contributed by atoms with van der Waals surface area (Å²) in [4.78, 5) is 16.1. The zero-order chi connectivity index (χ0) is 26.6. The molecule has 2 aromatic carbocycles. The summed E-state index contributed by atoms with van der Waals surface area (Å²) in [7, 11) is 0. The average Bonchev–Trinajstić information content (AvgIpc) is 3.61. The van der Waals surface area contributed by atoms with Gasteiger partial charge in [-0.15, -0.1) is 0 Å². The number of halogens is 1. The number of nitrogens with zero attached hydrogens (tertiary/aromatic N) is 6. The molecule has 3 aromatic heterocycles. The number of nitriles is 1. The van der Waals surface area contributed by atoms with E-state index in [1.54, 1.807) is 30.8 Å². The van der Waals surface area contributed by atoms with Crippen molar-refractivity contribution in [3.63, 3.8) is 0 Å². The van der Waals surface area contributed by atoms with E-state index < -0.39 is 5.82 Å². The van der Waals surface area contributed by atoms with E-state index in [-0.39, 0.29) is 12.2 Å². The van der Waals surface area contributed by atoms with Crippen molar-refractivity contribution in [1.29, 1.82) is 5.26 Å². The van der Waals surface area contributed by atoms with Crippen molar-refractivity contribution < 1.29 is 13.5 Å². The Bertz CT molecular complexity index is 1620. The fourth-order valence-corrected chi connectivity index (χ4v) is 5.21. The number of aromatic nitrogens is 4. The highest BCUT2D eigenvalue weighted by molar-refractivity contribution is 5.76. The number of piperidine rings is 1. The molecular formula is C30H27FN6O2. The molecule has 9 heteroatoms. The fraction of sp³-hybridized carbons (Fsp3) is 0.267. The summed E-state index contributed by atoms with van der Waals surface area (Å²) in [5.41, 5.74) is 3.76. The van der Waals surface area contributed by atoms with Crippen LogP contribution in [0.3, 0.4) is 0 Å². The van der Waals surface area contributed by atoms with Gasteiger partial charge in [0.1, 0.15) is 31.1 Å². The van der Waals surface area contributed by atoms with Crippen molar-refractivity contribution >= 4 is 11.0 Å². The fourth-order valence-electron chi connectivity index (χ4n) is 5.21. The summed E-state index contributed by atoms with van der Waals surface area (Å²) in [6, 6.07) is 18.5. The van der Waals surface area contributed by atoms with Crippen molar-refractivity contribution in [1.82, 2.24) is 24.4 Å². The Labute approximate surface area is 225 Å². The number of ether oxygens (including phenoxy) is 1. The second-order valence-corrected chi connectivity index (χ2v) is 9.68. The molecule has 0 radical (unpaired) electrons. The summed E-state index contributed by atoms with van der Waals surface area (Å²) in [5, 5.41) is 8.97. The minimum atomic E-state index is -0.450. The van der Waals surface area contributed by atoms with Crippen molar-refractivity contribution in [2.24, 2.45) is 0 Å². The largest absolute Gasteiger partial charge is 0.472 e. The molecule has 196 valence electrons. The number of hydrogen-bond acceptors (Lipinski definition) is 7. The SMILES string of the molecule is N#Cc1ccc(COc2ncccc2C2CCN(Cc3nc4ccccc4n3Cc3ncco3)CC2)c(F)c1. The van der Waals surface area contributed by atoms with Crippen LogP contribution in [0.4, 0.5) is 4.39 Å². The molecule has 8 nitrogen and oxygen atoms in total. The molecule has 1 fully saturated rings. The van der Waals surface area contributed by atoms with Gasteiger partial charge < -0.3 is 13.7 Å². The number of para-hydroxylation sites is 2. The van der Waals surface area contributed by atoms with E-state index in [9.17, 15) is 4.39 Å². The quantitative estimate of drug-likeness (QED) is 0.268. The highest BCUT2D eigenvalue weighted by Gasteiger charge is 2.25. The van der Waals surface area contributed by atoms with Crippen LogP contribution < -0.4 is 4.74 Å². The van der Waals surface area contributed by atoms with Gasteiger partial charge in [-0.2, -0.15) is 5.26 Å². The zero-order valence-electron chi connectivity index (χ0n) is 21.3. The molecule has 0 atom stereocenters. The van der Waals surface area contributed by atoms with Gasteiger partial charge >= 0.3 is 0 Å². The monoisotopic (exact) mass is 522 g/mol. The molecule has 5 aromatic rings. The standard InChI is InChI=1S/C30H27FN6O2/c31-25-16-21(17-32)7-8-23(25)20-39-30-24(4-3-11-34-30)22-9-13-36(14-10-22)18-28-35-26-5-1-2-6-27(26)37(28)19-29-33-12-15-38-29/h1-8,11-12,15-16,22H,9-10,13-14,18-20H2. The molecule has 1 aliphatic rings. The van der Waals surface area contributed by atoms with Gasteiger partial charge in [-0.25, -0.2) is 19.3 Å². The van der Waals surface area contributed by atoms with Crippen molar-refractivity contribution in [3.8, 4) is 11.9 Å². The second kappa shape index (κ2) is 11.1. The summed E-state index contributed by atoms with van der Waals surface area (Å²) in [6.45, 7) is 3.14. The van der Waals surface area contributed by atoms with Gasteiger partial charge in [-0.3, -0.25) is 4.90 Å². The lowest BCUT2D eigenvalue weighted by atomic mass is 9.90. The van der Waals surface area contributed by atoms with Crippen molar-refractivity contribution in [2.75, 3.05) is 13.1 Å². The molecule has 6 rings (SSSR count). The van der Waals surface area contributed by atoms with Crippen molar-refractivity contribution in [2.45, 2.75) is 38.5 Å². The number of oxazole rings is 1. The van der Waals surface area contributed by atoms with Crippen LogP contribution in [0.25, 0.3) is 11.0 Å². The number of imidazole rings is 1. The third-order valence-corrected chi connectivity index (χ3v) is 7.25. The maximum atomic E-state index is 14.3. The number of fused-ring (bicyclic) bond motifs is 1. The van der Waals surface area contributed by atoms with Crippen LogP contribution in [0.15, 0.2) is 77.7 Å². The van der Waals surface area contributed by atoms with Gasteiger partial charge in [0.05, 0.1) is 35.4 Å². The van der Waals surface area contributed by atoms with E-state index in [2.05, 4.69) is 25.5 Å². The first-order chi connectivity index (χ1) is 19.2. The maximum Gasteiger partial charge on any atom is 0.217 e. The highest BCUT2D eigenvalue weighted by Crippen LogP contribution is 2.34. The Morgan fingerprint density at radius 3 is 2.69 bits per heavy atom. The third-order valence-electron chi connectivity index (χ3n) is 7.25. The van der Waals surface area contributed by atoms with E-state index in [0.717, 1.165) is 54.9 Å². The highest BCUT2D eigenvalue weighted by atomic mass is 19.1. The summed E-state index contributed by atoms with van der Waals surface area (Å²) >= 11 is 0. The topological polar surface area (TPSA) is 93.0 Å². The second-order valence-electron chi connectivity index (χ2n) is 9.68. The van der Waals surface area contributed by atoms with Gasteiger partial charge in [0.15, 0.2) is 0 Å². The van der Waals surface area contributed by atoms with Gasteiger partial charge in [0.2, 0.25) is 11.8 Å². The molecule has 0 bridgehead atoms. The molecule has 0 spiro atoms. The lowest BCUT2D eigenvalue weighted by Crippen LogP contribution is -2.33. The van der Waals surface area contributed by atoms with Gasteiger partial charge in [0.25, 0.3) is 0 Å². The van der Waals surface area contributed by atoms with Crippen LogP contribution >= 0.6 is 0 Å². The van der Waals surface area contributed by atoms with E-state index in [1.165, 1.54) is 6.07 Å². The van der Waals surface area contributed by atoms with Crippen LogP contribution in [-0.4, -0.2) is 37.5 Å². The molecule has 4 heterocycles. The van der Waals surface area contributed by atoms with Crippen LogP contribution in [-0.2, 0) is 19.7 Å². The predicted octanol–water partition coefficient (Wildman–Crippen LogP) is 5.44. The van der Waals surface area contributed by atoms with Gasteiger partial charge in [-0.05, 0) is 62.2 Å². The molecule has 0 unspecified atom stereocenters. The number of pyridine rings is 1. The number of likely N-dealkylation sites (tertiary alicyclic amines) is 1. The minimum Gasteiger partial charge on any atom is -0.472 e. The van der Waals surface area contributed by atoms with Crippen LogP contribution in [0.2, 0.25) is 0 Å². The van der Waals surface area contributed by atoms with E-state index >= 15 is 0 Å². The lowest BCUT2D eigenvalue weighted by Gasteiger charge is -2.32. The Morgan fingerprint density at radius 2 is 1.90 bits per heavy atom. The van der Waals surface area contributed by atoms with Gasteiger partial charge in [-0.1, -0.05) is 24.3 Å². The van der Waals surface area contributed by atoms with Crippen molar-refractivity contribution in [3.05, 3.63) is 107 Å². The normalized spacial score (nSPS) is 14.5. The molecule has 1 aliphatic heterocycles. The molecule has 39 heavy (non-hydrogen) atoms. The van der Waals surface area contributed by atoms with Crippen LogP contribution in [0.5, 0.6) is 5.88 Å². The average molecular weight is 523 g/mol. The Hall–Kier alpha value is -4.55. The summed E-state index contributed by atoms with van der Waals surface area (Å²) in [6.07, 6.45) is 6.86. The number of hydrogen-bond donors (Lipinski definition) is 0. The first-order valence-electron chi connectivity index (χ1n) is 13.0. The molecule has 1 saturated heterocycles. The Morgan fingerprint density at radius 1 is 1.03 bits per heavy atom. The third kappa shape index (κ3) is 5.38. The zero-order valence-corrected chi connectivity index (χ0v) is 21.3. The predicted molar refractivity (Wildman–Crippen MR) is 142 cm³/mol. The van der Waals surface area contributed by atoms with E-state index in [0.29, 0.717) is 29.8 Å². The number of benzene rings is 2. The van der Waals surface area contributed by atoms with Gasteiger partial charge in [0, 0.05) is 17.3 Å². The number of rotatable bonds is 8. The minimum absolute atomic E-state index is 0.0567. The first-order valence-corrected chi connectivity index (χ1v) is 13.0. The maximum absolute atomic E-state index is 14.3. The Kier molecular flexibility index (Phi) is 7.02. The lowest BCUT2D eigenvalue weighted by molar-refractivity contribution is 0.194. The molecular weight excluding hydrogens is 495 g/mol. The molecule has 0 aliphatic carbocycles. The first kappa shape index (κ1) is 24.8. The van der Waals surface area contributed by atoms with E-state index in [4.69, 9.17) is 19.4 Å². The smallest absolute Gasteiger partial charge is 0.217 e. The van der Waals surface area contributed by atoms with Crippen LogP contribution in [0.1, 0.15) is 47.2 Å².